The first-order valence-corrected chi connectivity index (χ1v) is 9.09. The van der Waals surface area contributed by atoms with E-state index in [-0.39, 0.29) is 16.9 Å². The van der Waals surface area contributed by atoms with Gasteiger partial charge in [0.2, 0.25) is 0 Å². The van der Waals surface area contributed by atoms with E-state index in [1.54, 1.807) is 26.0 Å². The van der Waals surface area contributed by atoms with E-state index in [0.717, 1.165) is 6.07 Å². The molecule has 2 amide bonds. The van der Waals surface area contributed by atoms with Crippen LogP contribution in [0.3, 0.4) is 0 Å². The van der Waals surface area contributed by atoms with Gasteiger partial charge in [0, 0.05) is 11.3 Å². The predicted molar refractivity (Wildman–Crippen MR) is 110 cm³/mol. The van der Waals surface area contributed by atoms with Crippen LogP contribution < -0.4 is 15.9 Å². The third kappa shape index (κ3) is 4.13. The highest BCUT2D eigenvalue weighted by Crippen LogP contribution is 2.31. The maximum Gasteiger partial charge on any atom is 0.282 e. The molecule has 8 nitrogen and oxygen atoms in total. The van der Waals surface area contributed by atoms with Gasteiger partial charge in [0.05, 0.1) is 27.0 Å². The van der Waals surface area contributed by atoms with Crippen LogP contribution in [0.5, 0.6) is 11.5 Å². The standard InChI is InChI=1S/C19H16Cl2N4O4/c1-9(22-23-18(28)11-3-6-15(26)16(27)7-11)17-10(2)24-25(19(17)29)12-4-5-13(20)14(21)8-12/h3-8,22,26-27H,1-2H3,(H,23,28)/b17-9-. The Balaban J connectivity index is 1.77. The lowest BCUT2D eigenvalue weighted by Crippen LogP contribution is -2.37. The number of benzene rings is 2. The summed E-state index contributed by atoms with van der Waals surface area (Å²) >= 11 is 11.9. The third-order valence-corrected chi connectivity index (χ3v) is 4.88. The van der Waals surface area contributed by atoms with Gasteiger partial charge < -0.3 is 15.6 Å². The second kappa shape index (κ2) is 8.02. The maximum absolute atomic E-state index is 12.8. The number of carbonyl (C=O) groups excluding carboxylic acids is 2. The number of phenols is 2. The van der Waals surface area contributed by atoms with Crippen molar-refractivity contribution >= 4 is 46.4 Å². The van der Waals surface area contributed by atoms with Crippen molar-refractivity contribution in [2.45, 2.75) is 13.8 Å². The molecular formula is C19H16Cl2N4O4. The van der Waals surface area contributed by atoms with Crippen molar-refractivity contribution in [3.63, 3.8) is 0 Å². The lowest BCUT2D eigenvalue weighted by Gasteiger charge is -2.14. The SMILES string of the molecule is CC1=NN(c2ccc(Cl)c(Cl)c2)C(=O)/C1=C(/C)NNC(=O)c1ccc(O)c(O)c1. The fourth-order valence-electron chi connectivity index (χ4n) is 2.68. The van der Waals surface area contributed by atoms with Gasteiger partial charge in [-0.05, 0) is 50.2 Å². The van der Waals surface area contributed by atoms with Crippen molar-refractivity contribution in [2.24, 2.45) is 5.10 Å². The third-order valence-electron chi connectivity index (χ3n) is 4.14. The smallest absolute Gasteiger partial charge is 0.282 e. The van der Waals surface area contributed by atoms with E-state index >= 15 is 0 Å². The normalized spacial score (nSPS) is 15.2. The molecule has 2 aromatic rings. The van der Waals surface area contributed by atoms with E-state index in [2.05, 4.69) is 16.0 Å². The van der Waals surface area contributed by atoms with Crippen LogP contribution in [0.2, 0.25) is 10.0 Å². The van der Waals surface area contributed by atoms with Crippen LogP contribution in [0.1, 0.15) is 24.2 Å². The summed E-state index contributed by atoms with van der Waals surface area (Å²) in [5.41, 5.74) is 6.77. The first-order valence-electron chi connectivity index (χ1n) is 8.33. The van der Waals surface area contributed by atoms with Crippen molar-refractivity contribution in [2.75, 3.05) is 5.01 Å². The van der Waals surface area contributed by atoms with Crippen LogP contribution >= 0.6 is 23.2 Å². The molecule has 0 radical (unpaired) electrons. The Morgan fingerprint density at radius 3 is 2.41 bits per heavy atom. The molecule has 3 rings (SSSR count). The summed E-state index contributed by atoms with van der Waals surface area (Å²) < 4.78 is 0. The van der Waals surface area contributed by atoms with Crippen LogP contribution in [-0.2, 0) is 4.79 Å². The maximum atomic E-state index is 12.8. The van der Waals surface area contributed by atoms with Crippen molar-refractivity contribution in [3.05, 3.63) is 63.3 Å². The molecule has 0 saturated heterocycles. The van der Waals surface area contributed by atoms with E-state index < -0.39 is 17.6 Å². The van der Waals surface area contributed by atoms with Gasteiger partial charge in [-0.1, -0.05) is 23.2 Å². The predicted octanol–water partition coefficient (Wildman–Crippen LogP) is 3.34. The summed E-state index contributed by atoms with van der Waals surface area (Å²) in [6, 6.07) is 8.37. The molecule has 1 heterocycles. The monoisotopic (exact) mass is 434 g/mol. The van der Waals surface area contributed by atoms with Crippen LogP contribution in [-0.4, -0.2) is 27.7 Å². The van der Waals surface area contributed by atoms with Crippen LogP contribution in [0, 0.1) is 0 Å². The highest BCUT2D eigenvalue weighted by atomic mass is 35.5. The van der Waals surface area contributed by atoms with Gasteiger partial charge >= 0.3 is 0 Å². The Kier molecular flexibility index (Phi) is 5.67. The van der Waals surface area contributed by atoms with E-state index in [1.807, 2.05) is 0 Å². The zero-order valence-electron chi connectivity index (χ0n) is 15.3. The van der Waals surface area contributed by atoms with E-state index in [0.29, 0.717) is 27.1 Å². The van der Waals surface area contributed by atoms with Crippen LogP contribution in [0.15, 0.2) is 52.8 Å². The van der Waals surface area contributed by atoms with Gasteiger partial charge in [0.15, 0.2) is 11.5 Å². The molecule has 0 spiro atoms. The Morgan fingerprint density at radius 1 is 1.03 bits per heavy atom. The second-order valence-corrected chi connectivity index (χ2v) is 7.00. The fourth-order valence-corrected chi connectivity index (χ4v) is 2.97. The Labute approximate surface area is 176 Å². The molecule has 0 fully saturated rings. The molecule has 10 heteroatoms. The zero-order chi connectivity index (χ0) is 21.3. The molecule has 0 atom stereocenters. The minimum Gasteiger partial charge on any atom is -0.504 e. The highest BCUT2D eigenvalue weighted by Gasteiger charge is 2.31. The minimum atomic E-state index is -0.568. The second-order valence-electron chi connectivity index (χ2n) is 6.18. The topological polar surface area (TPSA) is 114 Å². The van der Waals surface area contributed by atoms with Gasteiger partial charge in [-0.25, -0.2) is 0 Å². The Bertz CT molecular complexity index is 1080. The Morgan fingerprint density at radius 2 is 1.76 bits per heavy atom. The summed E-state index contributed by atoms with van der Waals surface area (Å²) in [5.74, 6) is -1.72. The number of anilines is 1. The first kappa shape index (κ1) is 20.5. The lowest BCUT2D eigenvalue weighted by molar-refractivity contribution is -0.114. The summed E-state index contributed by atoms with van der Waals surface area (Å²) in [7, 11) is 0. The average molecular weight is 435 g/mol. The minimum absolute atomic E-state index is 0.117. The molecule has 29 heavy (non-hydrogen) atoms. The Hall–Kier alpha value is -3.23. The van der Waals surface area contributed by atoms with Gasteiger partial charge in [0.1, 0.15) is 0 Å². The number of halogens is 2. The van der Waals surface area contributed by atoms with Crippen LogP contribution in [0.4, 0.5) is 5.69 Å². The van der Waals surface area contributed by atoms with Gasteiger partial charge in [-0.3, -0.25) is 15.0 Å². The van der Waals surface area contributed by atoms with Gasteiger partial charge in [-0.15, -0.1) is 0 Å². The van der Waals surface area contributed by atoms with E-state index in [9.17, 15) is 19.8 Å². The highest BCUT2D eigenvalue weighted by molar-refractivity contribution is 6.42. The van der Waals surface area contributed by atoms with Crippen molar-refractivity contribution < 1.29 is 19.8 Å². The number of carbonyl (C=O) groups is 2. The summed E-state index contributed by atoms with van der Waals surface area (Å²) in [6.45, 7) is 3.27. The van der Waals surface area contributed by atoms with E-state index in [4.69, 9.17) is 23.2 Å². The summed E-state index contributed by atoms with van der Waals surface area (Å²) in [5, 5.41) is 24.9. The quantitative estimate of drug-likeness (QED) is 0.334. The molecule has 0 unspecified atom stereocenters. The van der Waals surface area contributed by atoms with Gasteiger partial charge in [-0.2, -0.15) is 10.1 Å². The van der Waals surface area contributed by atoms with Gasteiger partial charge in [0.25, 0.3) is 11.8 Å². The fraction of sp³-hybridized carbons (Fsp3) is 0.105. The lowest BCUT2D eigenvalue weighted by atomic mass is 10.1. The number of nitrogens with one attached hydrogen (secondary N) is 2. The zero-order valence-corrected chi connectivity index (χ0v) is 16.8. The molecule has 0 saturated carbocycles. The number of amides is 2. The van der Waals surface area contributed by atoms with Crippen molar-refractivity contribution in [1.29, 1.82) is 0 Å². The number of rotatable bonds is 4. The number of phenolic OH excluding ortho intramolecular Hbond substituents is 2. The number of aromatic hydroxyl groups is 2. The van der Waals surface area contributed by atoms with Crippen molar-refractivity contribution in [1.82, 2.24) is 10.9 Å². The molecule has 2 aromatic carbocycles. The molecule has 0 aromatic heterocycles. The molecule has 0 aliphatic carbocycles. The van der Waals surface area contributed by atoms with E-state index in [1.165, 1.54) is 23.2 Å². The number of hydrazone groups is 1. The molecule has 4 N–H and O–H groups in total. The molecule has 1 aliphatic heterocycles. The molecule has 1 aliphatic rings. The number of allylic oxidation sites excluding steroid dienone is 1. The molecule has 150 valence electrons. The van der Waals surface area contributed by atoms with Crippen LogP contribution in [0.25, 0.3) is 0 Å². The largest absolute Gasteiger partial charge is 0.504 e. The number of hydrazine groups is 1. The molecular weight excluding hydrogens is 419 g/mol. The summed E-state index contributed by atoms with van der Waals surface area (Å²) in [4.78, 5) is 25.0. The summed E-state index contributed by atoms with van der Waals surface area (Å²) in [6.07, 6.45) is 0. The molecule has 0 bridgehead atoms. The average Bonchev–Trinajstić information content (AvgIpc) is 2.98. The number of hydrogen-bond donors (Lipinski definition) is 4. The van der Waals surface area contributed by atoms with Crippen molar-refractivity contribution in [3.8, 4) is 11.5 Å². The number of nitrogens with zero attached hydrogens (tertiary/aromatic N) is 2. The number of hydrogen-bond acceptors (Lipinski definition) is 6. The first-order chi connectivity index (χ1) is 13.7.